The molecule has 2 aliphatic heterocycles. The quantitative estimate of drug-likeness (QED) is 0.771. The Kier molecular flexibility index (Phi) is 2.86. The maximum Gasteiger partial charge on any atom is 0.152 e. The van der Waals surface area contributed by atoms with Crippen molar-refractivity contribution in [2.45, 2.75) is 12.5 Å². The second kappa shape index (κ2) is 4.34. The predicted octanol–water partition coefficient (Wildman–Crippen LogP) is 2.47. The minimum absolute atomic E-state index is 0.626. The van der Waals surface area contributed by atoms with E-state index in [4.69, 9.17) is 11.6 Å². The minimum Gasteiger partial charge on any atom is -0.382 e. The van der Waals surface area contributed by atoms with Crippen molar-refractivity contribution in [1.82, 2.24) is 4.98 Å². The Labute approximate surface area is 105 Å². The van der Waals surface area contributed by atoms with E-state index in [9.17, 15) is 0 Å². The van der Waals surface area contributed by atoms with E-state index in [-0.39, 0.29) is 0 Å². The van der Waals surface area contributed by atoms with E-state index < -0.39 is 0 Å². The summed E-state index contributed by atoms with van der Waals surface area (Å²) in [7, 11) is 0. The van der Waals surface area contributed by atoms with Gasteiger partial charge in [-0.25, -0.2) is 4.98 Å². The van der Waals surface area contributed by atoms with Crippen LogP contribution in [-0.4, -0.2) is 35.6 Å². The molecule has 0 aliphatic carbocycles. The first-order chi connectivity index (χ1) is 7.84. The molecule has 0 saturated carbocycles. The fourth-order valence-electron chi connectivity index (χ4n) is 2.34. The molecule has 1 N–H and O–H groups in total. The topological polar surface area (TPSA) is 28.2 Å². The molecule has 5 heteroatoms. The van der Waals surface area contributed by atoms with Crippen LogP contribution in [0, 0.1) is 0 Å². The second-order valence-electron chi connectivity index (χ2n) is 4.16. The van der Waals surface area contributed by atoms with Crippen LogP contribution in [0.25, 0.3) is 0 Å². The summed E-state index contributed by atoms with van der Waals surface area (Å²) < 4.78 is 0. The van der Waals surface area contributed by atoms with Crippen molar-refractivity contribution in [2.75, 3.05) is 34.8 Å². The van der Waals surface area contributed by atoms with Crippen LogP contribution in [-0.2, 0) is 0 Å². The molecule has 1 unspecified atom stereocenters. The molecule has 3 nitrogen and oxygen atoms in total. The van der Waals surface area contributed by atoms with E-state index in [2.05, 4.69) is 15.2 Å². The molecule has 2 aliphatic rings. The van der Waals surface area contributed by atoms with Gasteiger partial charge in [-0.15, -0.1) is 0 Å². The number of hydrogen-bond donors (Lipinski definition) is 1. The van der Waals surface area contributed by atoms with E-state index in [1.807, 2.05) is 17.8 Å². The minimum atomic E-state index is 0.626. The van der Waals surface area contributed by atoms with Crippen LogP contribution < -0.4 is 10.2 Å². The lowest BCUT2D eigenvalue weighted by atomic mass is 10.2. The van der Waals surface area contributed by atoms with Gasteiger partial charge in [-0.1, -0.05) is 11.6 Å². The van der Waals surface area contributed by atoms with Crippen LogP contribution in [0.15, 0.2) is 12.3 Å². The Bertz CT molecular complexity index is 399. The molecule has 1 aromatic heterocycles. The zero-order valence-corrected chi connectivity index (χ0v) is 10.5. The van der Waals surface area contributed by atoms with Gasteiger partial charge in [0.15, 0.2) is 5.82 Å². The van der Waals surface area contributed by atoms with Gasteiger partial charge in [-0.05, 0) is 12.5 Å². The third-order valence-corrected chi connectivity index (χ3v) is 4.42. The second-order valence-corrected chi connectivity index (χ2v) is 5.75. The molecule has 86 valence electrons. The number of nitrogens with zero attached hydrogens (tertiary/aromatic N) is 2. The van der Waals surface area contributed by atoms with E-state index >= 15 is 0 Å². The number of hydrogen-bond acceptors (Lipinski definition) is 4. The fraction of sp³-hybridized carbons (Fsp3) is 0.545. The Morgan fingerprint density at radius 3 is 3.44 bits per heavy atom. The predicted molar refractivity (Wildman–Crippen MR) is 70.8 cm³/mol. The molecule has 16 heavy (non-hydrogen) atoms. The number of anilines is 2. The largest absolute Gasteiger partial charge is 0.382 e. The average molecular weight is 256 g/mol. The summed E-state index contributed by atoms with van der Waals surface area (Å²) >= 11 is 8.02. The third-order valence-electron chi connectivity index (χ3n) is 3.13. The molecule has 3 heterocycles. The summed E-state index contributed by atoms with van der Waals surface area (Å²) in [6.07, 6.45) is 2.92. The summed E-state index contributed by atoms with van der Waals surface area (Å²) in [5.41, 5.74) is 1.09. The van der Waals surface area contributed by atoms with Crippen molar-refractivity contribution in [2.24, 2.45) is 0 Å². The van der Waals surface area contributed by atoms with Gasteiger partial charge >= 0.3 is 0 Å². The third kappa shape index (κ3) is 1.84. The van der Waals surface area contributed by atoms with Gasteiger partial charge in [0.2, 0.25) is 0 Å². The number of thioether (sulfide) groups is 1. The molecule has 0 aromatic carbocycles. The fourth-order valence-corrected chi connectivity index (χ4v) is 3.61. The summed E-state index contributed by atoms with van der Waals surface area (Å²) in [4.78, 5) is 6.92. The van der Waals surface area contributed by atoms with E-state index in [1.54, 1.807) is 6.20 Å². The molecule has 0 bridgehead atoms. The number of rotatable bonds is 0. The molecule has 0 radical (unpaired) electrons. The van der Waals surface area contributed by atoms with Crippen molar-refractivity contribution < 1.29 is 0 Å². The Morgan fingerprint density at radius 1 is 1.56 bits per heavy atom. The van der Waals surface area contributed by atoms with Crippen LogP contribution >= 0.6 is 23.4 Å². The molecular formula is C11H14ClN3S. The van der Waals surface area contributed by atoms with Crippen LogP contribution in [0.1, 0.15) is 6.42 Å². The van der Waals surface area contributed by atoms with Crippen LogP contribution in [0.5, 0.6) is 0 Å². The standard InChI is InChI=1S/C11H14ClN3S/c12-8-5-10-11(14-6-8)15-3-4-16-7-9(15)1-2-13-10/h5-6,9,13H,1-4,7H2. The first-order valence-electron chi connectivity index (χ1n) is 5.58. The lowest BCUT2D eigenvalue weighted by molar-refractivity contribution is 0.619. The lowest BCUT2D eigenvalue weighted by Gasteiger charge is -2.35. The maximum atomic E-state index is 5.98. The molecule has 3 rings (SSSR count). The van der Waals surface area contributed by atoms with Gasteiger partial charge in [0.1, 0.15) is 0 Å². The zero-order chi connectivity index (χ0) is 11.0. The number of halogens is 1. The van der Waals surface area contributed by atoms with Gasteiger partial charge in [0.25, 0.3) is 0 Å². The van der Waals surface area contributed by atoms with E-state index in [0.717, 1.165) is 24.6 Å². The number of pyridine rings is 1. The average Bonchev–Trinajstić information content (AvgIpc) is 2.47. The molecular weight excluding hydrogens is 242 g/mol. The highest BCUT2D eigenvalue weighted by molar-refractivity contribution is 7.99. The van der Waals surface area contributed by atoms with E-state index in [0.29, 0.717) is 11.1 Å². The van der Waals surface area contributed by atoms with Gasteiger partial charge in [0, 0.05) is 36.8 Å². The summed E-state index contributed by atoms with van der Waals surface area (Å²) in [6.45, 7) is 2.11. The Hall–Kier alpha value is -0.610. The van der Waals surface area contributed by atoms with Gasteiger partial charge < -0.3 is 10.2 Å². The lowest BCUT2D eigenvalue weighted by Crippen LogP contribution is -2.42. The highest BCUT2D eigenvalue weighted by atomic mass is 35.5. The number of aromatic nitrogens is 1. The van der Waals surface area contributed by atoms with Crippen molar-refractivity contribution in [1.29, 1.82) is 0 Å². The van der Waals surface area contributed by atoms with Gasteiger partial charge in [0.05, 0.1) is 10.7 Å². The van der Waals surface area contributed by atoms with Gasteiger partial charge in [-0.2, -0.15) is 11.8 Å². The normalized spacial score (nSPS) is 24.1. The summed E-state index contributed by atoms with van der Waals surface area (Å²) in [6, 6.07) is 2.61. The van der Waals surface area contributed by atoms with Crippen LogP contribution in [0.2, 0.25) is 5.02 Å². The van der Waals surface area contributed by atoms with E-state index in [1.165, 1.54) is 17.9 Å². The molecule has 0 amide bonds. The number of fused-ring (bicyclic) bond motifs is 3. The van der Waals surface area contributed by atoms with Crippen molar-refractivity contribution in [3.05, 3.63) is 17.3 Å². The zero-order valence-electron chi connectivity index (χ0n) is 8.95. The molecule has 1 fully saturated rings. The summed E-state index contributed by atoms with van der Waals surface area (Å²) in [5, 5.41) is 4.13. The van der Waals surface area contributed by atoms with Crippen LogP contribution in [0.3, 0.4) is 0 Å². The molecule has 1 atom stereocenters. The highest BCUT2D eigenvalue weighted by Gasteiger charge is 2.27. The first kappa shape index (κ1) is 10.5. The Balaban J connectivity index is 2.00. The monoisotopic (exact) mass is 255 g/mol. The molecule has 0 spiro atoms. The van der Waals surface area contributed by atoms with Crippen molar-refractivity contribution in [3.63, 3.8) is 0 Å². The van der Waals surface area contributed by atoms with Crippen molar-refractivity contribution >= 4 is 34.9 Å². The first-order valence-corrected chi connectivity index (χ1v) is 7.11. The Morgan fingerprint density at radius 2 is 2.50 bits per heavy atom. The molecule has 1 saturated heterocycles. The maximum absolute atomic E-state index is 5.98. The number of nitrogens with one attached hydrogen (secondary N) is 1. The highest BCUT2D eigenvalue weighted by Crippen LogP contribution is 2.33. The smallest absolute Gasteiger partial charge is 0.152 e. The van der Waals surface area contributed by atoms with Gasteiger partial charge in [-0.3, -0.25) is 0 Å². The van der Waals surface area contributed by atoms with Crippen LogP contribution in [0.4, 0.5) is 11.5 Å². The summed E-state index contributed by atoms with van der Waals surface area (Å²) in [5.74, 6) is 3.48. The molecule has 1 aromatic rings. The SMILES string of the molecule is Clc1cnc2c(c1)NCCC1CSCCN21. The van der Waals surface area contributed by atoms with Crippen molar-refractivity contribution in [3.8, 4) is 0 Å².